The summed E-state index contributed by atoms with van der Waals surface area (Å²) >= 11 is 2.97. The Morgan fingerprint density at radius 3 is 2.61 bits per heavy atom. The molecule has 0 aliphatic carbocycles. The van der Waals surface area contributed by atoms with Crippen molar-refractivity contribution in [3.63, 3.8) is 0 Å². The molecule has 0 spiro atoms. The normalized spacial score (nSPS) is 11.3. The van der Waals surface area contributed by atoms with Crippen LogP contribution in [-0.4, -0.2) is 24.1 Å². The van der Waals surface area contributed by atoms with Crippen LogP contribution in [-0.2, 0) is 13.0 Å². The Morgan fingerprint density at radius 1 is 1.17 bits per heavy atom. The van der Waals surface area contributed by atoms with Gasteiger partial charge in [0.05, 0.1) is 0 Å². The largest absolute Gasteiger partial charge is 0.306 e. The van der Waals surface area contributed by atoms with Crippen LogP contribution >= 0.6 is 23.3 Å². The molecule has 1 aromatic carbocycles. The third-order valence-electron chi connectivity index (χ3n) is 3.43. The predicted octanol–water partition coefficient (Wildman–Crippen LogP) is 4.01. The van der Waals surface area contributed by atoms with Crippen LogP contribution in [0.15, 0.2) is 39.8 Å². The highest BCUT2D eigenvalue weighted by Gasteiger charge is 2.15. The summed E-state index contributed by atoms with van der Waals surface area (Å²) in [5.41, 5.74) is 1.24. The van der Waals surface area contributed by atoms with Crippen molar-refractivity contribution in [1.82, 2.24) is 24.1 Å². The average molecular weight is 345 g/mol. The van der Waals surface area contributed by atoms with Crippen LogP contribution in [0, 0.1) is 0 Å². The molecule has 2 aromatic heterocycles. The fourth-order valence-corrected chi connectivity index (χ4v) is 3.96. The molecule has 3 aromatic rings. The Kier molecular flexibility index (Phi) is 5.07. The van der Waals surface area contributed by atoms with E-state index in [4.69, 9.17) is 0 Å². The van der Waals surface area contributed by atoms with Crippen LogP contribution < -0.4 is 0 Å². The number of hydrogen-bond acceptors (Lipinski definition) is 6. The lowest BCUT2D eigenvalue weighted by molar-refractivity contribution is 0.651. The third kappa shape index (κ3) is 3.79. The first-order valence-electron chi connectivity index (χ1n) is 7.64. The highest BCUT2D eigenvalue weighted by atomic mass is 32.2. The first kappa shape index (κ1) is 16.1. The molecule has 5 nitrogen and oxygen atoms in total. The topological polar surface area (TPSA) is 56.5 Å². The Morgan fingerprint density at radius 2 is 1.96 bits per heavy atom. The molecule has 0 saturated heterocycles. The van der Waals surface area contributed by atoms with Crippen LogP contribution in [0.25, 0.3) is 0 Å². The van der Waals surface area contributed by atoms with Crippen LogP contribution in [0.5, 0.6) is 0 Å². The van der Waals surface area contributed by atoms with Gasteiger partial charge in [-0.25, -0.2) is 4.98 Å². The minimum Gasteiger partial charge on any atom is -0.306 e. The van der Waals surface area contributed by atoms with Crippen LogP contribution in [0.4, 0.5) is 0 Å². The summed E-state index contributed by atoms with van der Waals surface area (Å²) in [5.74, 6) is 2.22. The zero-order valence-electron chi connectivity index (χ0n) is 13.4. The maximum Gasteiger partial charge on any atom is 0.198 e. The maximum absolute atomic E-state index is 4.56. The molecule has 0 atom stereocenters. The quantitative estimate of drug-likeness (QED) is 0.675. The average Bonchev–Trinajstić information content (AvgIpc) is 3.16. The van der Waals surface area contributed by atoms with Gasteiger partial charge in [-0.3, -0.25) is 0 Å². The fourth-order valence-electron chi connectivity index (χ4n) is 2.20. The van der Waals surface area contributed by atoms with Crippen LogP contribution in [0.1, 0.15) is 43.9 Å². The van der Waals surface area contributed by atoms with Crippen molar-refractivity contribution in [2.24, 2.45) is 0 Å². The maximum atomic E-state index is 4.56. The standard InChI is InChI=1S/C16H19N5S2/c1-4-21-13(10-12-8-6-5-7-9-12)18-19-15(21)22-16-17-14(11(2)3)20-23-16/h5-9,11H,4,10H2,1-3H3. The molecule has 0 bridgehead atoms. The van der Waals surface area contributed by atoms with Crippen molar-refractivity contribution in [2.75, 3.05) is 0 Å². The molecule has 0 fully saturated rings. The zero-order valence-corrected chi connectivity index (χ0v) is 15.1. The molecule has 0 aliphatic heterocycles. The van der Waals surface area contributed by atoms with E-state index in [9.17, 15) is 0 Å². The molecular formula is C16H19N5S2. The Labute approximate surface area is 144 Å². The summed E-state index contributed by atoms with van der Waals surface area (Å²) in [6, 6.07) is 10.3. The molecule has 0 saturated carbocycles. The van der Waals surface area contributed by atoms with Crippen molar-refractivity contribution < 1.29 is 0 Å². The molecule has 7 heteroatoms. The second kappa shape index (κ2) is 7.23. The van der Waals surface area contributed by atoms with E-state index >= 15 is 0 Å². The Bertz CT molecular complexity index is 764. The van der Waals surface area contributed by atoms with Gasteiger partial charge in [0.25, 0.3) is 0 Å². The van der Waals surface area contributed by atoms with Crippen molar-refractivity contribution in [3.05, 3.63) is 47.5 Å². The Balaban J connectivity index is 1.80. The second-order valence-electron chi connectivity index (χ2n) is 5.48. The molecule has 0 radical (unpaired) electrons. The van der Waals surface area contributed by atoms with Crippen molar-refractivity contribution in [1.29, 1.82) is 0 Å². The van der Waals surface area contributed by atoms with E-state index in [1.807, 2.05) is 18.2 Å². The summed E-state index contributed by atoms with van der Waals surface area (Å²) in [6.07, 6.45) is 0.787. The van der Waals surface area contributed by atoms with E-state index < -0.39 is 0 Å². The molecule has 3 rings (SSSR count). The number of rotatable bonds is 6. The summed E-state index contributed by atoms with van der Waals surface area (Å²) in [5, 5.41) is 9.60. The van der Waals surface area contributed by atoms with Crippen molar-refractivity contribution in [2.45, 2.75) is 49.2 Å². The van der Waals surface area contributed by atoms with Crippen molar-refractivity contribution >= 4 is 23.3 Å². The molecular weight excluding hydrogens is 326 g/mol. The second-order valence-corrected chi connectivity index (χ2v) is 7.45. The van der Waals surface area contributed by atoms with Crippen LogP contribution in [0.2, 0.25) is 0 Å². The van der Waals surface area contributed by atoms with Gasteiger partial charge in [-0.15, -0.1) is 10.2 Å². The van der Waals surface area contributed by atoms with E-state index in [-0.39, 0.29) is 0 Å². The van der Waals surface area contributed by atoms with E-state index in [1.165, 1.54) is 17.1 Å². The monoisotopic (exact) mass is 345 g/mol. The van der Waals surface area contributed by atoms with Gasteiger partial charge in [0.2, 0.25) is 0 Å². The third-order valence-corrected chi connectivity index (χ3v) is 5.18. The van der Waals surface area contributed by atoms with E-state index in [2.05, 4.69) is 57.0 Å². The minimum atomic E-state index is 0.346. The first-order valence-corrected chi connectivity index (χ1v) is 9.23. The van der Waals surface area contributed by atoms with E-state index in [0.29, 0.717) is 5.92 Å². The summed E-state index contributed by atoms with van der Waals surface area (Å²) < 4.78 is 7.46. The molecule has 2 heterocycles. The lowest BCUT2D eigenvalue weighted by atomic mass is 10.1. The van der Waals surface area contributed by atoms with Gasteiger partial charge >= 0.3 is 0 Å². The first-order chi connectivity index (χ1) is 11.2. The minimum absolute atomic E-state index is 0.346. The number of benzene rings is 1. The smallest absolute Gasteiger partial charge is 0.198 e. The summed E-state index contributed by atoms with van der Waals surface area (Å²) in [6.45, 7) is 7.15. The van der Waals surface area contributed by atoms with E-state index in [1.54, 1.807) is 11.8 Å². The lowest BCUT2D eigenvalue weighted by Crippen LogP contribution is -2.04. The summed E-state index contributed by atoms with van der Waals surface area (Å²) in [7, 11) is 0. The highest BCUT2D eigenvalue weighted by molar-refractivity contribution is 8.00. The van der Waals surface area contributed by atoms with Gasteiger partial charge in [0, 0.05) is 18.9 Å². The highest BCUT2D eigenvalue weighted by Crippen LogP contribution is 2.29. The van der Waals surface area contributed by atoms with Crippen molar-refractivity contribution in [3.8, 4) is 0 Å². The van der Waals surface area contributed by atoms with Gasteiger partial charge in [-0.1, -0.05) is 44.2 Å². The predicted molar refractivity (Wildman–Crippen MR) is 93.1 cm³/mol. The lowest BCUT2D eigenvalue weighted by Gasteiger charge is -2.06. The van der Waals surface area contributed by atoms with Crippen LogP contribution in [0.3, 0.4) is 0 Å². The van der Waals surface area contributed by atoms with Gasteiger partial charge in [-0.05, 0) is 35.8 Å². The molecule has 0 unspecified atom stereocenters. The van der Waals surface area contributed by atoms with Gasteiger partial charge in [0.15, 0.2) is 9.50 Å². The zero-order chi connectivity index (χ0) is 16.2. The van der Waals surface area contributed by atoms with Gasteiger partial charge in [0.1, 0.15) is 11.6 Å². The van der Waals surface area contributed by atoms with Gasteiger partial charge < -0.3 is 4.57 Å². The fraction of sp³-hybridized carbons (Fsp3) is 0.375. The molecule has 0 N–H and O–H groups in total. The number of nitrogens with zero attached hydrogens (tertiary/aromatic N) is 5. The number of aromatic nitrogens is 5. The summed E-state index contributed by atoms with van der Waals surface area (Å²) in [4.78, 5) is 4.56. The number of hydrogen-bond donors (Lipinski definition) is 0. The SMILES string of the molecule is CCn1c(Cc2ccccc2)nnc1Sc1nc(C(C)C)ns1. The van der Waals surface area contributed by atoms with Gasteiger partial charge in [-0.2, -0.15) is 4.37 Å². The molecule has 0 aliphatic rings. The molecule has 0 amide bonds. The molecule has 23 heavy (non-hydrogen) atoms. The van der Waals surface area contributed by atoms with E-state index in [0.717, 1.165) is 34.1 Å². The Hall–Kier alpha value is -1.73. The molecule has 120 valence electrons.